The Morgan fingerprint density at radius 2 is 1.95 bits per heavy atom. The van der Waals surface area contributed by atoms with Crippen LogP contribution in [0.5, 0.6) is 5.75 Å². The quantitative estimate of drug-likeness (QED) is 0.296. The molecule has 2 heterocycles. The van der Waals surface area contributed by atoms with Crippen LogP contribution in [0.1, 0.15) is 70.3 Å². The maximum absolute atomic E-state index is 13.3. The molecule has 2 aromatic heterocycles. The second-order valence-electron chi connectivity index (χ2n) is 10.7. The molecule has 1 aliphatic rings. The molecule has 0 unspecified atom stereocenters. The molecule has 1 amide bonds. The Hall–Kier alpha value is -2.67. The van der Waals surface area contributed by atoms with Crippen molar-refractivity contribution < 1.29 is 36.6 Å². The Morgan fingerprint density at radius 1 is 1.31 bits per heavy atom. The maximum atomic E-state index is 13.3. The predicted molar refractivity (Wildman–Crippen MR) is 136 cm³/mol. The highest BCUT2D eigenvalue weighted by atomic mass is 35.5. The van der Waals surface area contributed by atoms with Crippen LogP contribution in [0.3, 0.4) is 0 Å². The number of carbonyl (C=O) groups excluding carboxylic acids is 1. The molecule has 39 heavy (non-hydrogen) atoms. The van der Waals surface area contributed by atoms with Gasteiger partial charge in [-0.05, 0) is 52.4 Å². The summed E-state index contributed by atoms with van der Waals surface area (Å²) in [4.78, 5) is 17.0. The molecule has 0 spiro atoms. The van der Waals surface area contributed by atoms with E-state index in [4.69, 9.17) is 11.6 Å². The number of aryl methyl sites for hydroxylation is 1. The van der Waals surface area contributed by atoms with Crippen molar-refractivity contribution in [1.29, 1.82) is 0 Å². The Bertz CT molecular complexity index is 1160. The number of anilines is 1. The maximum Gasteiger partial charge on any atom is 0.391 e. The molecule has 1 saturated carbocycles. The number of aromatic nitrogens is 3. The number of nitrogens with zero attached hydrogens (tertiary/aromatic N) is 3. The van der Waals surface area contributed by atoms with Crippen molar-refractivity contribution in [2.75, 3.05) is 11.9 Å². The highest BCUT2D eigenvalue weighted by molar-refractivity contribution is 6.36. The summed E-state index contributed by atoms with van der Waals surface area (Å²) in [6.45, 7) is 3.31. The first-order chi connectivity index (χ1) is 18.0. The number of hydrogen-bond acceptors (Lipinski definition) is 6. The fourth-order valence-corrected chi connectivity index (χ4v) is 4.97. The Balaban J connectivity index is 1.91. The molecule has 14 heteroatoms. The smallest absolute Gasteiger partial charge is 0.391 e. The van der Waals surface area contributed by atoms with Crippen molar-refractivity contribution in [3.63, 3.8) is 0 Å². The first kappa shape index (κ1) is 30.9. The van der Waals surface area contributed by atoms with E-state index in [0.717, 1.165) is 25.1 Å². The number of aliphatic hydroxyl groups is 1. The third kappa shape index (κ3) is 8.17. The van der Waals surface area contributed by atoms with Gasteiger partial charge in [0.05, 0.1) is 28.3 Å². The highest BCUT2D eigenvalue weighted by Gasteiger charge is 2.37. The van der Waals surface area contributed by atoms with Crippen molar-refractivity contribution in [3.8, 4) is 17.0 Å². The highest BCUT2D eigenvalue weighted by Crippen LogP contribution is 2.39. The summed E-state index contributed by atoms with van der Waals surface area (Å²) in [5.74, 6) is -0.708. The van der Waals surface area contributed by atoms with E-state index in [2.05, 4.69) is 32.4 Å². The minimum absolute atomic E-state index is 0.00141. The zero-order valence-electron chi connectivity index (χ0n) is 22.1. The monoisotopic (exact) mass is 581 g/mol. The number of hydrogen-bond donors (Lipinski definition) is 3. The summed E-state index contributed by atoms with van der Waals surface area (Å²) < 4.78 is 71.4. The third-order valence-corrected chi connectivity index (χ3v) is 7.00. The fourth-order valence-electron chi connectivity index (χ4n) is 4.64. The standard InChI is InChI=1S/C25H33ClF5N5O3/c1-5-36-20(18(26)19(35-36)21(37)33-13-24(38)8-6-14(2)7-9-24)15-11-32-17(10-16(15)39-22(27)28)34-23(3,4)12-25(29,30)31/h10-11,14,22,38H,5-9,12-13H2,1-4H3,(H,32,34)(H,33,37). The molecule has 3 rings (SSSR count). The molecule has 1 aliphatic carbocycles. The van der Waals surface area contributed by atoms with Crippen LogP contribution in [0.15, 0.2) is 12.3 Å². The summed E-state index contributed by atoms with van der Waals surface area (Å²) in [7, 11) is 0. The second-order valence-corrected chi connectivity index (χ2v) is 11.0. The van der Waals surface area contributed by atoms with Gasteiger partial charge in [-0.1, -0.05) is 18.5 Å². The van der Waals surface area contributed by atoms with Gasteiger partial charge in [0.15, 0.2) is 5.69 Å². The van der Waals surface area contributed by atoms with E-state index in [0.29, 0.717) is 18.8 Å². The predicted octanol–water partition coefficient (Wildman–Crippen LogP) is 6.03. The SMILES string of the molecule is CCn1nc(C(=O)NCC2(O)CCC(C)CC2)c(Cl)c1-c1cnc(NC(C)(C)CC(F)(F)F)cc1OC(F)F. The van der Waals surface area contributed by atoms with Gasteiger partial charge < -0.3 is 20.5 Å². The first-order valence-corrected chi connectivity index (χ1v) is 13.0. The molecule has 0 saturated heterocycles. The minimum Gasteiger partial charge on any atom is -0.434 e. The lowest BCUT2D eigenvalue weighted by Gasteiger charge is -2.34. The van der Waals surface area contributed by atoms with Gasteiger partial charge in [-0.15, -0.1) is 0 Å². The van der Waals surface area contributed by atoms with Crippen LogP contribution < -0.4 is 15.4 Å². The molecule has 218 valence electrons. The number of amides is 1. The fraction of sp³-hybridized carbons (Fsp3) is 0.640. The lowest BCUT2D eigenvalue weighted by Crippen LogP contribution is -2.45. The van der Waals surface area contributed by atoms with E-state index in [1.165, 1.54) is 18.5 Å². The van der Waals surface area contributed by atoms with Gasteiger partial charge in [0.2, 0.25) is 0 Å². The van der Waals surface area contributed by atoms with Crippen LogP contribution in [0.4, 0.5) is 27.8 Å². The van der Waals surface area contributed by atoms with Crippen molar-refractivity contribution in [2.45, 2.75) is 90.3 Å². The number of rotatable bonds is 10. The molecule has 0 aliphatic heterocycles. The molecule has 3 N–H and O–H groups in total. The van der Waals surface area contributed by atoms with E-state index in [1.54, 1.807) is 6.92 Å². The Kier molecular flexibility index (Phi) is 9.36. The minimum atomic E-state index is -4.47. The van der Waals surface area contributed by atoms with Crippen molar-refractivity contribution in [3.05, 3.63) is 23.0 Å². The summed E-state index contributed by atoms with van der Waals surface area (Å²) in [6, 6.07) is 1.04. The number of ether oxygens (including phenoxy) is 1. The largest absolute Gasteiger partial charge is 0.434 e. The molecule has 0 aromatic carbocycles. The molecule has 2 aromatic rings. The van der Waals surface area contributed by atoms with Gasteiger partial charge >= 0.3 is 12.8 Å². The number of nitrogens with one attached hydrogen (secondary N) is 2. The summed E-state index contributed by atoms with van der Waals surface area (Å²) in [5.41, 5.74) is -2.69. The molecule has 1 fully saturated rings. The van der Waals surface area contributed by atoms with Gasteiger partial charge in [0.1, 0.15) is 11.6 Å². The third-order valence-electron chi connectivity index (χ3n) is 6.64. The molecule has 8 nitrogen and oxygen atoms in total. The Labute approximate surface area is 228 Å². The van der Waals surface area contributed by atoms with E-state index < -0.39 is 42.0 Å². The average Bonchev–Trinajstić information content (AvgIpc) is 3.14. The van der Waals surface area contributed by atoms with Crippen LogP contribution in [0.25, 0.3) is 11.3 Å². The summed E-state index contributed by atoms with van der Waals surface area (Å²) in [6.07, 6.45) is -1.81. The van der Waals surface area contributed by atoms with E-state index in [-0.39, 0.29) is 40.9 Å². The van der Waals surface area contributed by atoms with Gasteiger partial charge in [0.25, 0.3) is 5.91 Å². The van der Waals surface area contributed by atoms with Crippen LogP contribution in [0.2, 0.25) is 5.02 Å². The van der Waals surface area contributed by atoms with Crippen LogP contribution in [-0.4, -0.2) is 56.3 Å². The van der Waals surface area contributed by atoms with Gasteiger partial charge in [-0.3, -0.25) is 9.48 Å². The first-order valence-electron chi connectivity index (χ1n) is 12.6. The number of carbonyl (C=O) groups is 1. The molecular weight excluding hydrogens is 549 g/mol. The lowest BCUT2D eigenvalue weighted by atomic mass is 9.79. The van der Waals surface area contributed by atoms with Crippen LogP contribution in [0, 0.1) is 5.92 Å². The zero-order valence-corrected chi connectivity index (χ0v) is 22.9. The zero-order chi connectivity index (χ0) is 29.2. The number of halogens is 6. The van der Waals surface area contributed by atoms with Gasteiger partial charge in [-0.2, -0.15) is 27.1 Å². The molecule has 0 atom stereocenters. The van der Waals surface area contributed by atoms with Crippen molar-refractivity contribution in [1.82, 2.24) is 20.1 Å². The summed E-state index contributed by atoms with van der Waals surface area (Å²) in [5, 5.41) is 20.1. The second kappa shape index (κ2) is 11.8. The summed E-state index contributed by atoms with van der Waals surface area (Å²) >= 11 is 6.52. The number of pyridine rings is 1. The van der Waals surface area contributed by atoms with E-state index in [9.17, 15) is 31.9 Å². The van der Waals surface area contributed by atoms with Crippen LogP contribution >= 0.6 is 11.6 Å². The normalized spacial score (nSPS) is 20.3. The molecular formula is C25H33ClF5N5O3. The van der Waals surface area contributed by atoms with Crippen molar-refractivity contribution in [2.24, 2.45) is 5.92 Å². The van der Waals surface area contributed by atoms with E-state index >= 15 is 0 Å². The lowest BCUT2D eigenvalue weighted by molar-refractivity contribution is -0.142. The van der Waals surface area contributed by atoms with E-state index in [1.807, 2.05) is 0 Å². The average molecular weight is 582 g/mol. The topological polar surface area (TPSA) is 101 Å². The molecule has 0 radical (unpaired) electrons. The van der Waals surface area contributed by atoms with Gasteiger partial charge in [-0.25, -0.2) is 4.98 Å². The molecule has 0 bridgehead atoms. The number of alkyl halides is 5. The Morgan fingerprint density at radius 3 is 2.51 bits per heavy atom. The van der Waals surface area contributed by atoms with Crippen molar-refractivity contribution >= 4 is 23.3 Å². The van der Waals surface area contributed by atoms with Gasteiger partial charge in [0, 0.05) is 30.9 Å². The van der Waals surface area contributed by atoms with Crippen LogP contribution in [-0.2, 0) is 6.54 Å².